The molecular formula is C94H126N5S5+5. The molecule has 5 aromatic heterocycles. The van der Waals surface area contributed by atoms with Gasteiger partial charge in [-0.15, -0.1) is 0 Å². The molecule has 2 saturated carbocycles. The van der Waals surface area contributed by atoms with Gasteiger partial charge < -0.3 is 0 Å². The van der Waals surface area contributed by atoms with Gasteiger partial charge in [-0.1, -0.05) is 210 Å². The predicted octanol–water partition coefficient (Wildman–Crippen LogP) is 25.7. The second-order valence-corrected chi connectivity index (χ2v) is 40.1. The maximum atomic E-state index is 2.55. The van der Waals surface area contributed by atoms with Crippen molar-refractivity contribution >= 4 is 56.7 Å². The smallest absolute Gasteiger partial charge is 0.151 e. The highest BCUT2D eigenvalue weighted by atomic mass is 32.1. The largest absolute Gasteiger partial charge is 0.249 e. The highest BCUT2D eigenvalue weighted by molar-refractivity contribution is 7.15. The molecule has 10 heteroatoms. The lowest BCUT2D eigenvalue weighted by Crippen LogP contribution is -2.41. The van der Waals surface area contributed by atoms with E-state index < -0.39 is 0 Å². The van der Waals surface area contributed by atoms with Gasteiger partial charge in [0, 0.05) is 92.8 Å². The Morgan fingerprint density at radius 3 is 0.760 bits per heavy atom. The molecule has 0 amide bonds. The summed E-state index contributed by atoms with van der Waals surface area (Å²) in [5.41, 5.74) is 22.4. The van der Waals surface area contributed by atoms with Crippen LogP contribution in [0.2, 0.25) is 0 Å². The predicted molar refractivity (Wildman–Crippen MR) is 452 cm³/mol. The van der Waals surface area contributed by atoms with Crippen molar-refractivity contribution in [2.45, 2.75) is 284 Å². The van der Waals surface area contributed by atoms with Crippen LogP contribution in [0.1, 0.15) is 274 Å². The molecule has 0 unspecified atom stereocenters. The van der Waals surface area contributed by atoms with Gasteiger partial charge in [-0.05, 0) is 195 Å². The molecule has 11 aromatic rings. The van der Waals surface area contributed by atoms with Crippen LogP contribution in [0.5, 0.6) is 0 Å². The molecular weight excluding hydrogens is 1360 g/mol. The summed E-state index contributed by atoms with van der Waals surface area (Å²) in [5, 5.41) is 7.22. The summed E-state index contributed by atoms with van der Waals surface area (Å²) in [6.45, 7) is 61.4. The SMILES string of the molecule is Cc1ccccc1-[n+]1c(C(C)(C)C)sc(-c2ccccc2)c1C.Cc1ccccc1-[n+]1c(C(C)(C)C)sc(C)c1C.Cc1ccccc1-[n+]1c(C(C)(C)C)sc(C)c1C.Cc1ccccc1-[n+]1c(C(C)(C)C)sc(C2CCCC2)c1C.Cc1ccccc1-[n+]1c(C(C)(C)C)sc(C2CCCCC2)c1C. The first-order chi connectivity index (χ1) is 48.8. The molecule has 2 aliphatic rings. The first-order valence-corrected chi connectivity index (χ1v) is 42.5. The zero-order valence-corrected chi connectivity index (χ0v) is 72.8. The van der Waals surface area contributed by atoms with Gasteiger partial charge in [0.05, 0.1) is 46.6 Å². The Bertz CT molecular complexity index is 4600. The standard InChI is InChI=1S/C21H30NS.C21H24NS.C20H28NS.2C16H22NS/c2*1-15-11-9-10-14-18(15)22-16(2)19(17-12-7-6-8-13-17)23-20(22)21(3,4)5;1-14-10-6-9-13-17(14)21-15(2)18(16-11-7-8-12-16)22-19(21)20(3,4)5;2*1-11-9-7-8-10-14(11)17-12(2)13(3)18-15(17)16(4,5)6/h9-11,14,17H,6-8,12-13H2,1-5H3;6-14H,1-5H3;6,9-10,13,16H,7-8,11-12H2,1-5H3;2*7-10H,1-6H3/q5*+1. The lowest BCUT2D eigenvalue weighted by Gasteiger charge is -2.19. The molecule has 2 fully saturated rings. The number of hydrogen-bond acceptors (Lipinski definition) is 5. The molecule has 6 aromatic carbocycles. The number of benzene rings is 6. The summed E-state index contributed by atoms with van der Waals surface area (Å²) in [6.07, 6.45) is 12.5. The first kappa shape index (κ1) is 81.5. The number of aryl methyl sites for hydroxylation is 7. The lowest BCUT2D eigenvalue weighted by molar-refractivity contribution is -0.610. The molecule has 0 radical (unpaired) electrons. The Kier molecular flexibility index (Phi) is 26.4. The third kappa shape index (κ3) is 18.7. The van der Waals surface area contributed by atoms with Crippen molar-refractivity contribution in [2.24, 2.45) is 0 Å². The van der Waals surface area contributed by atoms with E-state index in [4.69, 9.17) is 0 Å². The van der Waals surface area contributed by atoms with E-state index in [1.807, 2.05) is 34.0 Å². The fourth-order valence-electron chi connectivity index (χ4n) is 14.7. The summed E-state index contributed by atoms with van der Waals surface area (Å²) in [5.74, 6) is 1.57. The number of rotatable bonds is 8. The van der Waals surface area contributed by atoms with Gasteiger partial charge in [0.15, 0.2) is 22.8 Å². The zero-order valence-electron chi connectivity index (χ0n) is 68.7. The van der Waals surface area contributed by atoms with E-state index in [0.717, 1.165) is 11.8 Å². The van der Waals surface area contributed by atoms with Gasteiger partial charge in [0.1, 0.15) is 4.88 Å². The number of para-hydroxylation sites is 5. The second-order valence-electron chi connectivity index (χ2n) is 34.7. The molecule has 552 valence electrons. The van der Waals surface area contributed by atoms with Gasteiger partial charge in [-0.3, -0.25) is 0 Å². The molecule has 0 saturated heterocycles. The normalized spacial score (nSPS) is 13.9. The van der Waals surface area contributed by atoms with Crippen molar-refractivity contribution in [3.8, 4) is 38.9 Å². The molecule has 0 spiro atoms. The van der Waals surface area contributed by atoms with Gasteiger partial charge in [0.2, 0.25) is 59.2 Å². The van der Waals surface area contributed by atoms with Crippen LogP contribution in [-0.2, 0) is 27.1 Å². The van der Waals surface area contributed by atoms with Crippen molar-refractivity contribution in [1.82, 2.24) is 0 Å². The molecule has 0 N–H and O–H groups in total. The highest BCUT2D eigenvalue weighted by Crippen LogP contribution is 2.44. The van der Waals surface area contributed by atoms with Crippen molar-refractivity contribution in [1.29, 1.82) is 0 Å². The number of aromatic nitrogens is 5. The summed E-state index contributed by atoms with van der Waals surface area (Å²) >= 11 is 9.86. The van der Waals surface area contributed by atoms with E-state index >= 15 is 0 Å². The van der Waals surface area contributed by atoms with Gasteiger partial charge >= 0.3 is 0 Å². The molecule has 0 bridgehead atoms. The molecule has 5 nitrogen and oxygen atoms in total. The van der Waals surface area contributed by atoms with E-state index in [9.17, 15) is 0 Å². The van der Waals surface area contributed by atoms with E-state index in [1.165, 1.54) is 188 Å². The summed E-state index contributed by atoms with van der Waals surface area (Å²) in [4.78, 5) is 7.44. The number of thiazole rings is 5. The highest BCUT2D eigenvalue weighted by Gasteiger charge is 2.41. The average molecular weight is 1490 g/mol. The van der Waals surface area contributed by atoms with Crippen molar-refractivity contribution in [2.75, 3.05) is 0 Å². The topological polar surface area (TPSA) is 19.4 Å². The van der Waals surface area contributed by atoms with E-state index in [2.05, 4.69) is 384 Å². The lowest BCUT2D eigenvalue weighted by atomic mass is 9.87. The molecule has 5 heterocycles. The summed E-state index contributed by atoms with van der Waals surface area (Å²) < 4.78 is 12.4. The van der Waals surface area contributed by atoms with Crippen LogP contribution in [0.25, 0.3) is 38.9 Å². The quantitative estimate of drug-likeness (QED) is 0.135. The first-order valence-electron chi connectivity index (χ1n) is 38.4. The number of hydrogen-bond donors (Lipinski definition) is 0. The van der Waals surface area contributed by atoms with E-state index in [-0.39, 0.29) is 27.1 Å². The fraction of sp³-hybridized carbons (Fsp3) is 0.457. The average Bonchev–Trinajstić information content (AvgIpc) is 1.63. The third-order valence-corrected chi connectivity index (χ3v) is 29.2. The Labute approximate surface area is 649 Å². The molecule has 104 heavy (non-hydrogen) atoms. The van der Waals surface area contributed by atoms with Crippen molar-refractivity contribution in [3.05, 3.63) is 252 Å². The minimum absolute atomic E-state index is 0.102. The maximum absolute atomic E-state index is 2.55. The third-order valence-electron chi connectivity index (χ3n) is 20.6. The van der Waals surface area contributed by atoms with Crippen LogP contribution >= 0.6 is 56.7 Å². The van der Waals surface area contributed by atoms with Crippen LogP contribution < -0.4 is 22.8 Å². The molecule has 13 rings (SSSR count). The van der Waals surface area contributed by atoms with E-state index in [0.29, 0.717) is 0 Å². The van der Waals surface area contributed by atoms with Gasteiger partial charge in [0.25, 0.3) is 0 Å². The minimum Gasteiger partial charge on any atom is -0.151 e. The van der Waals surface area contributed by atoms with E-state index in [1.54, 1.807) is 9.75 Å². The fourth-order valence-corrected chi connectivity index (χ4v) is 21.3. The Morgan fingerprint density at radius 1 is 0.250 bits per heavy atom. The molecule has 0 aliphatic heterocycles. The van der Waals surface area contributed by atoms with Gasteiger partial charge in [-0.2, -0.15) is 22.8 Å². The molecule has 2 aliphatic carbocycles. The Balaban J connectivity index is 0.000000151. The zero-order chi connectivity index (χ0) is 76.1. The van der Waals surface area contributed by atoms with Crippen LogP contribution in [-0.4, -0.2) is 0 Å². The summed E-state index contributed by atoms with van der Waals surface area (Å²) in [7, 11) is 0. The summed E-state index contributed by atoms with van der Waals surface area (Å²) in [6, 6.07) is 54.2. The minimum atomic E-state index is 0.102. The van der Waals surface area contributed by atoms with Crippen LogP contribution in [0.15, 0.2) is 152 Å². The Morgan fingerprint density at radius 2 is 0.481 bits per heavy atom. The van der Waals surface area contributed by atoms with Crippen LogP contribution in [0.4, 0.5) is 0 Å². The van der Waals surface area contributed by atoms with Crippen LogP contribution in [0.3, 0.4) is 0 Å². The Hall–Kier alpha value is -6.53. The molecule has 0 atom stereocenters. The maximum Gasteiger partial charge on any atom is 0.249 e. The van der Waals surface area contributed by atoms with Gasteiger partial charge in [-0.25, -0.2) is 0 Å². The number of nitrogens with zero attached hydrogens (tertiary/aromatic N) is 5. The monoisotopic (exact) mass is 1480 g/mol. The van der Waals surface area contributed by atoms with Crippen molar-refractivity contribution in [3.63, 3.8) is 0 Å². The van der Waals surface area contributed by atoms with Crippen molar-refractivity contribution < 1.29 is 22.8 Å². The second kappa shape index (κ2) is 33.7. The van der Waals surface area contributed by atoms with Crippen LogP contribution in [0, 0.1) is 83.1 Å².